The highest BCUT2D eigenvalue weighted by molar-refractivity contribution is 5.00. The first-order valence-corrected chi connectivity index (χ1v) is 8.12. The van der Waals surface area contributed by atoms with Crippen molar-refractivity contribution in [3.05, 3.63) is 0 Å². The fraction of sp³-hybridized carbons (Fsp3) is 1.00. The maximum atomic E-state index is 6.21. The van der Waals surface area contributed by atoms with Crippen LogP contribution in [0.15, 0.2) is 0 Å². The molecule has 2 fully saturated rings. The molecule has 0 amide bonds. The molecular formula is C16H33N3. The fourth-order valence-electron chi connectivity index (χ4n) is 3.94. The van der Waals surface area contributed by atoms with E-state index in [-0.39, 0.29) is 0 Å². The zero-order valence-corrected chi connectivity index (χ0v) is 13.4. The molecule has 2 rings (SSSR count). The van der Waals surface area contributed by atoms with E-state index in [1.165, 1.54) is 51.9 Å². The first-order valence-electron chi connectivity index (χ1n) is 8.12. The Bertz CT molecular complexity index is 290. The van der Waals surface area contributed by atoms with E-state index in [1.807, 2.05) is 0 Å². The summed E-state index contributed by atoms with van der Waals surface area (Å²) in [6, 6.07) is 0.678. The topological polar surface area (TPSA) is 32.5 Å². The Morgan fingerprint density at radius 2 is 1.74 bits per heavy atom. The molecule has 0 radical (unpaired) electrons. The summed E-state index contributed by atoms with van der Waals surface area (Å²) < 4.78 is 0. The third-order valence-electron chi connectivity index (χ3n) is 5.76. The van der Waals surface area contributed by atoms with Gasteiger partial charge in [-0.15, -0.1) is 0 Å². The number of hydrogen-bond acceptors (Lipinski definition) is 3. The average molecular weight is 267 g/mol. The molecule has 1 saturated carbocycles. The van der Waals surface area contributed by atoms with Crippen molar-refractivity contribution in [1.29, 1.82) is 0 Å². The molecule has 3 nitrogen and oxygen atoms in total. The van der Waals surface area contributed by atoms with Gasteiger partial charge in [-0.25, -0.2) is 0 Å². The largest absolute Gasteiger partial charge is 0.329 e. The van der Waals surface area contributed by atoms with Crippen LogP contribution in [0.2, 0.25) is 0 Å². The van der Waals surface area contributed by atoms with Crippen molar-refractivity contribution in [2.75, 3.05) is 32.7 Å². The van der Waals surface area contributed by atoms with Gasteiger partial charge in [0.05, 0.1) is 0 Å². The molecule has 0 aromatic rings. The number of piperazine rings is 1. The molecule has 1 aliphatic carbocycles. The molecule has 1 aliphatic heterocycles. The van der Waals surface area contributed by atoms with Crippen LogP contribution in [-0.2, 0) is 0 Å². The van der Waals surface area contributed by atoms with Crippen LogP contribution in [0.5, 0.6) is 0 Å². The molecule has 1 unspecified atom stereocenters. The smallest absolute Gasteiger partial charge is 0.0333 e. The summed E-state index contributed by atoms with van der Waals surface area (Å²) in [4.78, 5) is 5.31. The number of rotatable bonds is 3. The predicted molar refractivity (Wildman–Crippen MR) is 82.3 cm³/mol. The van der Waals surface area contributed by atoms with E-state index in [1.54, 1.807) is 0 Å². The van der Waals surface area contributed by atoms with Gasteiger partial charge in [0.25, 0.3) is 0 Å². The number of nitrogens with two attached hydrogens (primary N) is 1. The van der Waals surface area contributed by atoms with E-state index in [2.05, 4.69) is 37.5 Å². The van der Waals surface area contributed by atoms with Crippen LogP contribution in [-0.4, -0.2) is 54.1 Å². The van der Waals surface area contributed by atoms with Crippen LogP contribution in [0, 0.1) is 5.41 Å². The second-order valence-electron chi connectivity index (χ2n) is 7.52. The van der Waals surface area contributed by atoms with Crippen LogP contribution in [0.25, 0.3) is 0 Å². The van der Waals surface area contributed by atoms with Gasteiger partial charge in [0.2, 0.25) is 0 Å². The Balaban J connectivity index is 2.03. The highest BCUT2D eigenvalue weighted by Gasteiger charge is 2.43. The highest BCUT2D eigenvalue weighted by Crippen LogP contribution is 2.43. The molecule has 0 spiro atoms. The van der Waals surface area contributed by atoms with Crippen molar-refractivity contribution in [2.45, 2.75) is 65.0 Å². The molecule has 0 bridgehead atoms. The van der Waals surface area contributed by atoms with Gasteiger partial charge in [0.1, 0.15) is 0 Å². The monoisotopic (exact) mass is 267 g/mol. The minimum atomic E-state index is 0.295. The second kappa shape index (κ2) is 5.71. The normalized spacial score (nSPS) is 32.4. The Hall–Kier alpha value is -0.120. The minimum absolute atomic E-state index is 0.295. The van der Waals surface area contributed by atoms with Crippen molar-refractivity contribution in [1.82, 2.24) is 9.80 Å². The third-order valence-corrected chi connectivity index (χ3v) is 5.76. The Morgan fingerprint density at radius 1 is 1.11 bits per heavy atom. The van der Waals surface area contributed by atoms with E-state index >= 15 is 0 Å². The molecule has 0 aromatic heterocycles. The van der Waals surface area contributed by atoms with Gasteiger partial charge in [-0.1, -0.05) is 20.8 Å². The Kier molecular flexibility index (Phi) is 4.59. The maximum Gasteiger partial charge on any atom is 0.0333 e. The molecule has 0 aromatic carbocycles. The summed E-state index contributed by atoms with van der Waals surface area (Å²) in [5.41, 5.74) is 7.03. The fourth-order valence-corrected chi connectivity index (χ4v) is 3.94. The zero-order chi connectivity index (χ0) is 14.1. The van der Waals surface area contributed by atoms with Gasteiger partial charge in [-0.3, -0.25) is 9.80 Å². The van der Waals surface area contributed by atoms with E-state index in [4.69, 9.17) is 5.73 Å². The summed E-state index contributed by atoms with van der Waals surface area (Å²) in [7, 11) is 0. The quantitative estimate of drug-likeness (QED) is 0.852. The zero-order valence-electron chi connectivity index (χ0n) is 13.4. The number of hydrogen-bond donors (Lipinski definition) is 1. The van der Waals surface area contributed by atoms with E-state index in [0.29, 0.717) is 17.0 Å². The van der Waals surface area contributed by atoms with Gasteiger partial charge in [0.15, 0.2) is 0 Å². The van der Waals surface area contributed by atoms with Crippen LogP contribution in [0.3, 0.4) is 0 Å². The lowest BCUT2D eigenvalue weighted by atomic mass is 9.68. The van der Waals surface area contributed by atoms with Crippen LogP contribution in [0.4, 0.5) is 0 Å². The third kappa shape index (κ3) is 3.14. The number of nitrogens with zero attached hydrogens (tertiary/aromatic N) is 2. The van der Waals surface area contributed by atoms with Gasteiger partial charge in [0, 0.05) is 37.8 Å². The molecule has 2 aliphatic rings. The summed E-state index contributed by atoms with van der Waals surface area (Å²) in [6.07, 6.45) is 5.23. The second-order valence-corrected chi connectivity index (χ2v) is 7.52. The van der Waals surface area contributed by atoms with E-state index < -0.39 is 0 Å². The molecule has 19 heavy (non-hydrogen) atoms. The summed E-state index contributed by atoms with van der Waals surface area (Å²) >= 11 is 0. The predicted octanol–water partition coefficient (Wildman–Crippen LogP) is 2.31. The summed E-state index contributed by atoms with van der Waals surface area (Å²) in [6.45, 7) is 15.1. The molecule has 3 heteroatoms. The van der Waals surface area contributed by atoms with Gasteiger partial charge < -0.3 is 5.73 Å². The average Bonchev–Trinajstić information content (AvgIpc) is 2.39. The molecule has 1 atom stereocenters. The lowest BCUT2D eigenvalue weighted by Crippen LogP contribution is -2.63. The minimum Gasteiger partial charge on any atom is -0.329 e. The summed E-state index contributed by atoms with van der Waals surface area (Å²) in [5, 5.41) is 0. The first-order chi connectivity index (χ1) is 8.92. The lowest BCUT2D eigenvalue weighted by Gasteiger charge is -2.53. The molecule has 1 heterocycles. The van der Waals surface area contributed by atoms with Crippen molar-refractivity contribution < 1.29 is 0 Å². The standard InChI is InChI=1S/C16H33N3/c1-5-18-10-11-19(12-14(18)2)16(13-17)8-6-15(3,4)7-9-16/h14H,5-13,17H2,1-4H3. The van der Waals surface area contributed by atoms with E-state index in [0.717, 1.165) is 6.54 Å². The van der Waals surface area contributed by atoms with Gasteiger partial charge in [-0.05, 0) is 44.6 Å². The first kappa shape index (κ1) is 15.3. The SMILES string of the molecule is CCN1CCN(C2(CN)CCC(C)(C)CC2)CC1C. The van der Waals surface area contributed by atoms with Crippen LogP contribution in [0.1, 0.15) is 53.4 Å². The lowest BCUT2D eigenvalue weighted by molar-refractivity contribution is -0.0259. The molecule has 2 N–H and O–H groups in total. The number of likely N-dealkylation sites (N-methyl/N-ethyl adjacent to an activating group) is 1. The molecule has 1 saturated heterocycles. The summed E-state index contributed by atoms with van der Waals surface area (Å²) in [5.74, 6) is 0. The van der Waals surface area contributed by atoms with Crippen LogP contribution < -0.4 is 5.73 Å². The molecular weight excluding hydrogens is 234 g/mol. The van der Waals surface area contributed by atoms with Gasteiger partial charge in [-0.2, -0.15) is 0 Å². The van der Waals surface area contributed by atoms with Gasteiger partial charge >= 0.3 is 0 Å². The van der Waals surface area contributed by atoms with Crippen molar-refractivity contribution in [2.24, 2.45) is 11.1 Å². The van der Waals surface area contributed by atoms with Crippen molar-refractivity contribution in [3.63, 3.8) is 0 Å². The van der Waals surface area contributed by atoms with Crippen LogP contribution >= 0.6 is 0 Å². The highest BCUT2D eigenvalue weighted by atomic mass is 15.3. The maximum absolute atomic E-state index is 6.21. The Labute approximate surface area is 119 Å². The van der Waals surface area contributed by atoms with Crippen molar-refractivity contribution >= 4 is 0 Å². The van der Waals surface area contributed by atoms with Crippen molar-refractivity contribution in [3.8, 4) is 0 Å². The van der Waals surface area contributed by atoms with E-state index in [9.17, 15) is 0 Å². The Morgan fingerprint density at radius 3 is 2.21 bits per heavy atom. The molecule has 112 valence electrons.